The van der Waals surface area contributed by atoms with Gasteiger partial charge in [0.05, 0.1) is 24.9 Å². The monoisotopic (exact) mass is 318 g/mol. The first-order valence-corrected chi connectivity index (χ1v) is 7.88. The fraction of sp³-hybridized carbons (Fsp3) is 0.562. The first-order chi connectivity index (χ1) is 11.3. The molecule has 0 aliphatic carbocycles. The van der Waals surface area contributed by atoms with Crippen LogP contribution < -0.4 is 0 Å². The summed E-state index contributed by atoms with van der Waals surface area (Å²) in [5, 5.41) is 3.98. The number of likely N-dealkylation sites (tertiary alicyclic amines) is 1. The SMILES string of the molecule is COCc1nc(CN2CCC(OCc3ccccn3)CC2)no1. The van der Waals surface area contributed by atoms with Gasteiger partial charge < -0.3 is 14.0 Å². The predicted molar refractivity (Wildman–Crippen MR) is 82.3 cm³/mol. The van der Waals surface area contributed by atoms with Gasteiger partial charge in [-0.15, -0.1) is 0 Å². The summed E-state index contributed by atoms with van der Waals surface area (Å²) in [6, 6.07) is 5.89. The van der Waals surface area contributed by atoms with Gasteiger partial charge in [-0.2, -0.15) is 4.98 Å². The molecule has 1 aliphatic rings. The smallest absolute Gasteiger partial charge is 0.252 e. The summed E-state index contributed by atoms with van der Waals surface area (Å²) in [7, 11) is 1.61. The number of aromatic nitrogens is 3. The number of hydrogen-bond donors (Lipinski definition) is 0. The van der Waals surface area contributed by atoms with E-state index in [1.807, 2.05) is 18.2 Å². The van der Waals surface area contributed by atoms with Crippen LogP contribution in [-0.4, -0.2) is 46.3 Å². The molecule has 0 saturated carbocycles. The van der Waals surface area contributed by atoms with Crippen LogP contribution in [0.3, 0.4) is 0 Å². The van der Waals surface area contributed by atoms with Crippen LogP contribution in [0.2, 0.25) is 0 Å². The van der Waals surface area contributed by atoms with Crippen LogP contribution in [0.4, 0.5) is 0 Å². The Balaban J connectivity index is 1.39. The second-order valence-electron chi connectivity index (χ2n) is 5.64. The van der Waals surface area contributed by atoms with Crippen LogP contribution in [0.1, 0.15) is 30.3 Å². The van der Waals surface area contributed by atoms with Crippen molar-refractivity contribution in [3.8, 4) is 0 Å². The van der Waals surface area contributed by atoms with Crippen LogP contribution in [0.25, 0.3) is 0 Å². The van der Waals surface area contributed by atoms with Gasteiger partial charge in [0, 0.05) is 26.4 Å². The number of rotatable bonds is 7. The van der Waals surface area contributed by atoms with E-state index in [2.05, 4.69) is 20.0 Å². The second kappa shape index (κ2) is 8.14. The lowest BCUT2D eigenvalue weighted by atomic mass is 10.1. The van der Waals surface area contributed by atoms with Gasteiger partial charge in [0.2, 0.25) is 0 Å². The summed E-state index contributed by atoms with van der Waals surface area (Å²) in [5.74, 6) is 1.24. The van der Waals surface area contributed by atoms with Crippen LogP contribution >= 0.6 is 0 Å². The van der Waals surface area contributed by atoms with Gasteiger partial charge in [0.25, 0.3) is 5.89 Å². The molecule has 2 aromatic rings. The van der Waals surface area contributed by atoms with E-state index in [1.165, 1.54) is 0 Å². The van der Waals surface area contributed by atoms with E-state index in [4.69, 9.17) is 14.0 Å². The quantitative estimate of drug-likeness (QED) is 0.770. The van der Waals surface area contributed by atoms with Crippen LogP contribution in [0, 0.1) is 0 Å². The Bertz CT molecular complexity index is 582. The number of methoxy groups -OCH3 is 1. The van der Waals surface area contributed by atoms with Crippen LogP contribution in [-0.2, 0) is 29.2 Å². The molecule has 3 heterocycles. The molecule has 1 fully saturated rings. The third-order valence-electron chi connectivity index (χ3n) is 3.87. The van der Waals surface area contributed by atoms with Crippen molar-refractivity contribution in [2.75, 3.05) is 20.2 Å². The summed E-state index contributed by atoms with van der Waals surface area (Å²) >= 11 is 0. The number of piperidine rings is 1. The fourth-order valence-electron chi connectivity index (χ4n) is 2.66. The van der Waals surface area contributed by atoms with Crippen molar-refractivity contribution in [2.45, 2.75) is 38.7 Å². The minimum Gasteiger partial charge on any atom is -0.375 e. The van der Waals surface area contributed by atoms with E-state index in [0.717, 1.165) is 31.6 Å². The van der Waals surface area contributed by atoms with Gasteiger partial charge in [-0.25, -0.2) is 0 Å². The average molecular weight is 318 g/mol. The third-order valence-corrected chi connectivity index (χ3v) is 3.87. The van der Waals surface area contributed by atoms with Gasteiger partial charge in [-0.05, 0) is 25.0 Å². The van der Waals surface area contributed by atoms with Gasteiger partial charge in [-0.3, -0.25) is 9.88 Å². The highest BCUT2D eigenvalue weighted by molar-refractivity contribution is 5.02. The predicted octanol–water partition coefficient (Wildman–Crippen LogP) is 1.79. The van der Waals surface area contributed by atoms with Crippen molar-refractivity contribution in [3.63, 3.8) is 0 Å². The molecule has 1 aliphatic heterocycles. The standard InChI is InChI=1S/C16H22N4O3/c1-21-12-16-18-15(19-23-16)10-20-8-5-14(6-9-20)22-11-13-4-2-3-7-17-13/h2-4,7,14H,5-6,8-12H2,1H3. The van der Waals surface area contributed by atoms with Gasteiger partial charge in [0.1, 0.15) is 6.61 Å². The lowest BCUT2D eigenvalue weighted by molar-refractivity contribution is -0.00574. The molecule has 3 rings (SSSR count). The zero-order valence-corrected chi connectivity index (χ0v) is 13.4. The summed E-state index contributed by atoms with van der Waals surface area (Å²) in [4.78, 5) is 10.9. The van der Waals surface area contributed by atoms with Crippen molar-refractivity contribution in [2.24, 2.45) is 0 Å². The summed E-state index contributed by atoms with van der Waals surface area (Å²) in [6.07, 6.45) is 4.11. The zero-order valence-electron chi connectivity index (χ0n) is 13.4. The Morgan fingerprint density at radius 3 is 2.87 bits per heavy atom. The van der Waals surface area contributed by atoms with E-state index in [9.17, 15) is 0 Å². The highest BCUT2D eigenvalue weighted by Gasteiger charge is 2.21. The molecule has 7 nitrogen and oxygen atoms in total. The lowest BCUT2D eigenvalue weighted by Gasteiger charge is -2.30. The highest BCUT2D eigenvalue weighted by Crippen LogP contribution is 2.16. The number of hydrogen-bond acceptors (Lipinski definition) is 7. The molecule has 0 unspecified atom stereocenters. The van der Waals surface area contributed by atoms with Crippen molar-refractivity contribution in [1.82, 2.24) is 20.0 Å². The fourth-order valence-corrected chi connectivity index (χ4v) is 2.66. The van der Waals surface area contributed by atoms with Crippen molar-refractivity contribution >= 4 is 0 Å². The van der Waals surface area contributed by atoms with Crippen molar-refractivity contribution in [3.05, 3.63) is 41.8 Å². The molecular weight excluding hydrogens is 296 g/mol. The van der Waals surface area contributed by atoms with Crippen LogP contribution in [0.15, 0.2) is 28.9 Å². The Morgan fingerprint density at radius 1 is 1.26 bits per heavy atom. The Kier molecular flexibility index (Phi) is 5.68. The molecule has 0 spiro atoms. The molecule has 0 amide bonds. The maximum Gasteiger partial charge on any atom is 0.252 e. The van der Waals surface area contributed by atoms with E-state index in [0.29, 0.717) is 37.6 Å². The normalized spacial score (nSPS) is 16.7. The van der Waals surface area contributed by atoms with E-state index < -0.39 is 0 Å². The first-order valence-electron chi connectivity index (χ1n) is 7.88. The maximum absolute atomic E-state index is 5.95. The molecule has 124 valence electrons. The van der Waals surface area contributed by atoms with Gasteiger partial charge in [0.15, 0.2) is 5.82 Å². The van der Waals surface area contributed by atoms with E-state index in [-0.39, 0.29) is 0 Å². The van der Waals surface area contributed by atoms with E-state index in [1.54, 1.807) is 13.3 Å². The average Bonchev–Trinajstić information content (AvgIpc) is 3.03. The molecule has 2 aromatic heterocycles. The maximum atomic E-state index is 5.95. The topological polar surface area (TPSA) is 73.5 Å². The van der Waals surface area contributed by atoms with Gasteiger partial charge >= 0.3 is 0 Å². The summed E-state index contributed by atoms with van der Waals surface area (Å²) in [5.41, 5.74) is 0.979. The van der Waals surface area contributed by atoms with Crippen molar-refractivity contribution < 1.29 is 14.0 Å². The third kappa shape index (κ3) is 4.82. The molecule has 0 radical (unpaired) electrons. The van der Waals surface area contributed by atoms with Gasteiger partial charge in [-0.1, -0.05) is 11.2 Å². The minimum atomic E-state index is 0.294. The largest absolute Gasteiger partial charge is 0.375 e. The molecule has 0 atom stereocenters. The number of ether oxygens (including phenoxy) is 2. The Morgan fingerprint density at radius 2 is 2.13 bits per heavy atom. The number of pyridine rings is 1. The molecule has 7 heteroatoms. The molecule has 0 N–H and O–H groups in total. The first kappa shape index (κ1) is 16.0. The molecular formula is C16H22N4O3. The molecule has 0 bridgehead atoms. The Labute approximate surface area is 135 Å². The minimum absolute atomic E-state index is 0.294. The van der Waals surface area contributed by atoms with Crippen LogP contribution in [0.5, 0.6) is 0 Å². The summed E-state index contributed by atoms with van der Waals surface area (Å²) < 4.78 is 16.0. The van der Waals surface area contributed by atoms with E-state index >= 15 is 0 Å². The second-order valence-corrected chi connectivity index (χ2v) is 5.64. The van der Waals surface area contributed by atoms with Crippen molar-refractivity contribution in [1.29, 1.82) is 0 Å². The highest BCUT2D eigenvalue weighted by atomic mass is 16.5. The lowest BCUT2D eigenvalue weighted by Crippen LogP contribution is -2.36. The molecule has 0 aromatic carbocycles. The molecule has 23 heavy (non-hydrogen) atoms. The number of nitrogens with zero attached hydrogens (tertiary/aromatic N) is 4. The summed E-state index contributed by atoms with van der Waals surface area (Å²) in [6.45, 7) is 3.59. The zero-order chi connectivity index (χ0) is 15.9. The molecule has 1 saturated heterocycles. The Hall–Kier alpha value is -1.83.